The Kier molecular flexibility index (Phi) is 3.80. The van der Waals surface area contributed by atoms with E-state index in [1.807, 2.05) is 6.07 Å². The molecule has 0 amide bonds. The van der Waals surface area contributed by atoms with Crippen LogP contribution in [-0.4, -0.2) is 12.6 Å². The van der Waals surface area contributed by atoms with Crippen molar-refractivity contribution >= 4 is 5.97 Å². The van der Waals surface area contributed by atoms with Gasteiger partial charge in [0.05, 0.1) is 24.4 Å². The van der Waals surface area contributed by atoms with E-state index < -0.39 is 11.9 Å². The summed E-state index contributed by atoms with van der Waals surface area (Å²) in [5, 5.41) is 9.26. The highest BCUT2D eigenvalue weighted by molar-refractivity contribution is 5.92. The number of carbonyl (C=O) groups excluding carboxylic acids is 1. The van der Waals surface area contributed by atoms with Crippen molar-refractivity contribution in [3.8, 4) is 6.07 Å². The maximum atomic E-state index is 12.1. The van der Waals surface area contributed by atoms with Gasteiger partial charge in [-0.05, 0) is 26.0 Å². The lowest BCUT2D eigenvalue weighted by Gasteiger charge is -2.25. The lowest BCUT2D eigenvalue weighted by atomic mass is 9.87. The van der Waals surface area contributed by atoms with Gasteiger partial charge in [0, 0.05) is 0 Å². The number of nitrogens with two attached hydrogens (primary N) is 1. The summed E-state index contributed by atoms with van der Waals surface area (Å²) in [6, 6.07) is 5.32. The highest BCUT2D eigenvalue weighted by atomic mass is 16.5. The molecule has 2 rings (SSSR count). The molecule has 0 saturated carbocycles. The standard InChI is InChI=1S/C14H14N2O4/c1-3-18-14(17)11-8(2)20-13(16)9(7-15)12(11)10-5-4-6-19-10/h4-6,12H,3,16H2,1-2H3/t12-/m1/s1. The van der Waals surface area contributed by atoms with Crippen LogP contribution in [0.1, 0.15) is 25.5 Å². The van der Waals surface area contributed by atoms with E-state index in [9.17, 15) is 10.1 Å². The van der Waals surface area contributed by atoms with Gasteiger partial charge in [0.1, 0.15) is 23.2 Å². The minimum Gasteiger partial charge on any atom is -0.468 e. The lowest BCUT2D eigenvalue weighted by Crippen LogP contribution is -2.25. The van der Waals surface area contributed by atoms with Crippen LogP contribution in [0.25, 0.3) is 0 Å². The molecule has 0 spiro atoms. The molecule has 0 bridgehead atoms. The first-order chi connectivity index (χ1) is 9.60. The number of esters is 1. The van der Waals surface area contributed by atoms with Gasteiger partial charge in [-0.15, -0.1) is 0 Å². The van der Waals surface area contributed by atoms with Crippen molar-refractivity contribution in [3.63, 3.8) is 0 Å². The van der Waals surface area contributed by atoms with Crippen LogP contribution in [-0.2, 0) is 14.3 Å². The van der Waals surface area contributed by atoms with E-state index in [4.69, 9.17) is 19.6 Å². The number of ether oxygens (including phenoxy) is 2. The Labute approximate surface area is 116 Å². The Morgan fingerprint density at radius 2 is 2.35 bits per heavy atom. The monoisotopic (exact) mass is 274 g/mol. The van der Waals surface area contributed by atoms with Crippen molar-refractivity contribution in [1.29, 1.82) is 5.26 Å². The van der Waals surface area contributed by atoms with Crippen molar-refractivity contribution in [1.82, 2.24) is 0 Å². The fourth-order valence-corrected chi connectivity index (χ4v) is 2.09. The zero-order valence-electron chi connectivity index (χ0n) is 11.2. The third-order valence-electron chi connectivity index (χ3n) is 2.93. The molecule has 20 heavy (non-hydrogen) atoms. The largest absolute Gasteiger partial charge is 0.468 e. The Bertz CT molecular complexity index is 620. The molecular formula is C14H14N2O4. The summed E-state index contributed by atoms with van der Waals surface area (Å²) in [7, 11) is 0. The molecule has 1 aromatic rings. The van der Waals surface area contributed by atoms with Crippen LogP contribution in [0.5, 0.6) is 0 Å². The first-order valence-electron chi connectivity index (χ1n) is 6.09. The van der Waals surface area contributed by atoms with E-state index in [2.05, 4.69) is 0 Å². The molecule has 0 fully saturated rings. The molecule has 2 heterocycles. The van der Waals surface area contributed by atoms with E-state index in [0.29, 0.717) is 11.5 Å². The number of hydrogen-bond acceptors (Lipinski definition) is 6. The number of furan rings is 1. The summed E-state index contributed by atoms with van der Waals surface area (Å²) in [6.45, 7) is 3.53. The van der Waals surface area contributed by atoms with Gasteiger partial charge in [0.25, 0.3) is 0 Å². The van der Waals surface area contributed by atoms with Crippen LogP contribution >= 0.6 is 0 Å². The van der Waals surface area contributed by atoms with Crippen LogP contribution in [0, 0.1) is 11.3 Å². The third kappa shape index (κ3) is 2.26. The van der Waals surface area contributed by atoms with E-state index in [1.54, 1.807) is 26.0 Å². The highest BCUT2D eigenvalue weighted by Crippen LogP contribution is 2.39. The van der Waals surface area contributed by atoms with Crippen LogP contribution in [0.3, 0.4) is 0 Å². The molecule has 0 aliphatic carbocycles. The van der Waals surface area contributed by atoms with Crippen molar-refractivity contribution in [2.45, 2.75) is 19.8 Å². The predicted molar refractivity (Wildman–Crippen MR) is 68.7 cm³/mol. The number of allylic oxidation sites excluding steroid dienone is 2. The molecule has 1 aromatic heterocycles. The van der Waals surface area contributed by atoms with Gasteiger partial charge < -0.3 is 19.6 Å². The normalized spacial score (nSPS) is 18.6. The smallest absolute Gasteiger partial charge is 0.338 e. The maximum Gasteiger partial charge on any atom is 0.338 e. The van der Waals surface area contributed by atoms with Crippen LogP contribution in [0.2, 0.25) is 0 Å². The Hall–Kier alpha value is -2.68. The molecule has 6 nitrogen and oxygen atoms in total. The SMILES string of the molecule is CCOC(=O)C1=C(C)OC(N)=C(C#N)[C@@H]1c1ccco1. The molecule has 0 saturated heterocycles. The van der Waals surface area contributed by atoms with Crippen molar-refractivity contribution < 1.29 is 18.7 Å². The lowest BCUT2D eigenvalue weighted by molar-refractivity contribution is -0.139. The van der Waals surface area contributed by atoms with Crippen molar-refractivity contribution in [3.05, 3.63) is 46.9 Å². The average Bonchev–Trinajstić information content (AvgIpc) is 2.91. The third-order valence-corrected chi connectivity index (χ3v) is 2.93. The van der Waals surface area contributed by atoms with E-state index in [0.717, 1.165) is 0 Å². The van der Waals surface area contributed by atoms with Crippen LogP contribution in [0.4, 0.5) is 0 Å². The molecule has 1 atom stereocenters. The Morgan fingerprint density at radius 1 is 1.60 bits per heavy atom. The van der Waals surface area contributed by atoms with E-state index in [1.165, 1.54) is 6.26 Å². The summed E-state index contributed by atoms with van der Waals surface area (Å²) in [5.41, 5.74) is 6.08. The Morgan fingerprint density at radius 3 is 2.90 bits per heavy atom. The first kappa shape index (κ1) is 13.7. The zero-order valence-corrected chi connectivity index (χ0v) is 11.2. The van der Waals surface area contributed by atoms with E-state index in [-0.39, 0.29) is 23.6 Å². The van der Waals surface area contributed by atoms with Crippen LogP contribution in [0.15, 0.2) is 45.6 Å². The van der Waals surface area contributed by atoms with Gasteiger partial charge in [0.15, 0.2) is 0 Å². The highest BCUT2D eigenvalue weighted by Gasteiger charge is 2.37. The topological polar surface area (TPSA) is 98.5 Å². The van der Waals surface area contributed by atoms with Crippen molar-refractivity contribution in [2.24, 2.45) is 5.73 Å². The minimum absolute atomic E-state index is 0.0283. The summed E-state index contributed by atoms with van der Waals surface area (Å²) in [6.07, 6.45) is 1.47. The van der Waals surface area contributed by atoms with Gasteiger partial charge in [0.2, 0.25) is 5.88 Å². The number of rotatable bonds is 3. The second-order valence-corrected chi connectivity index (χ2v) is 4.13. The van der Waals surface area contributed by atoms with Gasteiger partial charge in [-0.1, -0.05) is 0 Å². The number of carbonyl (C=O) groups is 1. The van der Waals surface area contributed by atoms with Gasteiger partial charge in [-0.25, -0.2) is 4.79 Å². The Balaban J connectivity index is 2.55. The average molecular weight is 274 g/mol. The van der Waals surface area contributed by atoms with Gasteiger partial charge in [-0.2, -0.15) is 5.26 Å². The fraction of sp³-hybridized carbons (Fsp3) is 0.286. The summed E-state index contributed by atoms with van der Waals surface area (Å²) in [5.74, 6) is -0.537. The zero-order chi connectivity index (χ0) is 14.7. The molecule has 0 aromatic carbocycles. The van der Waals surface area contributed by atoms with Crippen LogP contribution < -0.4 is 5.73 Å². The summed E-state index contributed by atoms with van der Waals surface area (Å²) >= 11 is 0. The summed E-state index contributed by atoms with van der Waals surface area (Å²) < 4.78 is 15.6. The molecule has 0 unspecified atom stereocenters. The van der Waals surface area contributed by atoms with Gasteiger partial charge >= 0.3 is 5.97 Å². The fourth-order valence-electron chi connectivity index (χ4n) is 2.09. The molecule has 0 radical (unpaired) electrons. The molecule has 1 aliphatic rings. The second-order valence-electron chi connectivity index (χ2n) is 4.13. The first-order valence-corrected chi connectivity index (χ1v) is 6.09. The molecular weight excluding hydrogens is 260 g/mol. The predicted octanol–water partition coefficient (Wildman–Crippen LogP) is 1.92. The molecule has 2 N–H and O–H groups in total. The summed E-state index contributed by atoms with van der Waals surface area (Å²) in [4.78, 5) is 12.1. The number of hydrogen-bond donors (Lipinski definition) is 1. The maximum absolute atomic E-state index is 12.1. The minimum atomic E-state index is -0.706. The molecule has 6 heteroatoms. The molecule has 1 aliphatic heterocycles. The molecule has 104 valence electrons. The second kappa shape index (κ2) is 5.53. The quantitative estimate of drug-likeness (QED) is 0.845. The number of nitrogens with zero attached hydrogens (tertiary/aromatic N) is 1. The van der Waals surface area contributed by atoms with E-state index >= 15 is 0 Å². The number of nitriles is 1. The van der Waals surface area contributed by atoms with Crippen molar-refractivity contribution in [2.75, 3.05) is 6.61 Å². The van der Waals surface area contributed by atoms with Gasteiger partial charge in [-0.3, -0.25) is 0 Å².